The highest BCUT2D eigenvalue weighted by molar-refractivity contribution is 5.80. The van der Waals surface area contributed by atoms with E-state index in [9.17, 15) is 9.59 Å². The first-order valence-electron chi connectivity index (χ1n) is 7.66. The highest BCUT2D eigenvalue weighted by atomic mass is 16.2. The summed E-state index contributed by atoms with van der Waals surface area (Å²) in [7, 11) is 0. The number of aromatic nitrogens is 3. The van der Waals surface area contributed by atoms with Gasteiger partial charge in [-0.25, -0.2) is 4.68 Å². The van der Waals surface area contributed by atoms with E-state index in [1.165, 1.54) is 0 Å². The molecule has 7 heteroatoms. The maximum Gasteiger partial charge on any atom is 0.244 e. The van der Waals surface area contributed by atoms with Crippen LogP contribution in [-0.4, -0.2) is 26.8 Å². The Labute approximate surface area is 134 Å². The van der Waals surface area contributed by atoms with E-state index >= 15 is 0 Å². The Morgan fingerprint density at radius 3 is 2.96 bits per heavy atom. The molecule has 2 heterocycles. The molecule has 1 aromatic carbocycles. The number of hydrogen-bond donors (Lipinski definition) is 2. The minimum Gasteiger partial charge on any atom is -0.350 e. The zero-order chi connectivity index (χ0) is 16.2. The van der Waals surface area contributed by atoms with Crippen molar-refractivity contribution < 1.29 is 9.59 Å². The maximum atomic E-state index is 12.0. The molecule has 1 aliphatic rings. The van der Waals surface area contributed by atoms with Gasteiger partial charge in [0.1, 0.15) is 11.7 Å². The lowest BCUT2D eigenvalue weighted by Gasteiger charge is -2.20. The number of rotatable bonds is 5. The normalized spacial score (nSPS) is 16.6. The van der Waals surface area contributed by atoms with Crippen molar-refractivity contribution >= 4 is 11.8 Å². The van der Waals surface area contributed by atoms with Gasteiger partial charge in [-0.3, -0.25) is 9.59 Å². The van der Waals surface area contributed by atoms with E-state index in [0.717, 1.165) is 11.3 Å². The second-order valence-corrected chi connectivity index (χ2v) is 5.58. The van der Waals surface area contributed by atoms with Crippen molar-refractivity contribution in [2.24, 2.45) is 0 Å². The van der Waals surface area contributed by atoms with E-state index in [4.69, 9.17) is 0 Å². The monoisotopic (exact) mass is 313 g/mol. The molecule has 23 heavy (non-hydrogen) atoms. The summed E-state index contributed by atoms with van der Waals surface area (Å²) in [4.78, 5) is 23.5. The number of amides is 2. The van der Waals surface area contributed by atoms with Gasteiger partial charge < -0.3 is 10.6 Å². The maximum absolute atomic E-state index is 12.0. The second kappa shape index (κ2) is 6.60. The van der Waals surface area contributed by atoms with Gasteiger partial charge in [0.2, 0.25) is 11.8 Å². The lowest BCUT2D eigenvalue weighted by Crippen LogP contribution is -2.38. The van der Waals surface area contributed by atoms with E-state index in [2.05, 4.69) is 20.9 Å². The molecule has 0 spiro atoms. The van der Waals surface area contributed by atoms with Gasteiger partial charge in [-0.2, -0.15) is 0 Å². The summed E-state index contributed by atoms with van der Waals surface area (Å²) < 4.78 is 1.62. The number of aryl methyl sites for hydroxylation is 1. The van der Waals surface area contributed by atoms with Gasteiger partial charge in [-0.05, 0) is 18.9 Å². The highest BCUT2D eigenvalue weighted by Gasteiger charge is 2.27. The molecule has 0 saturated carbocycles. The van der Waals surface area contributed by atoms with E-state index in [-0.39, 0.29) is 17.9 Å². The smallest absolute Gasteiger partial charge is 0.244 e. The average molecular weight is 313 g/mol. The molecule has 120 valence electrons. The first-order valence-corrected chi connectivity index (χ1v) is 7.66. The number of benzene rings is 1. The number of nitrogens with zero attached hydrogens (tertiary/aromatic N) is 3. The third-order valence-corrected chi connectivity index (χ3v) is 3.98. The van der Waals surface area contributed by atoms with Crippen LogP contribution in [0.15, 0.2) is 30.3 Å². The van der Waals surface area contributed by atoms with Gasteiger partial charge in [0.25, 0.3) is 0 Å². The van der Waals surface area contributed by atoms with Crippen molar-refractivity contribution in [3.05, 3.63) is 47.3 Å². The van der Waals surface area contributed by atoms with Crippen LogP contribution >= 0.6 is 0 Å². The van der Waals surface area contributed by atoms with Crippen LogP contribution in [0.4, 0.5) is 0 Å². The van der Waals surface area contributed by atoms with Gasteiger partial charge in [0, 0.05) is 6.42 Å². The predicted molar refractivity (Wildman–Crippen MR) is 83.2 cm³/mol. The van der Waals surface area contributed by atoms with Crippen LogP contribution in [0.5, 0.6) is 0 Å². The molecule has 1 aliphatic heterocycles. The van der Waals surface area contributed by atoms with Crippen LogP contribution in [0.1, 0.15) is 36.3 Å². The molecule has 2 aromatic rings. The Morgan fingerprint density at radius 1 is 1.39 bits per heavy atom. The molecule has 2 amide bonds. The summed E-state index contributed by atoms with van der Waals surface area (Å²) in [6.07, 6.45) is 1.14. The summed E-state index contributed by atoms with van der Waals surface area (Å²) in [5.74, 6) is -0.0932. The van der Waals surface area contributed by atoms with Crippen molar-refractivity contribution in [1.82, 2.24) is 25.6 Å². The van der Waals surface area contributed by atoms with Gasteiger partial charge in [0.05, 0.1) is 18.8 Å². The number of fused-ring (bicyclic) bond motifs is 1. The molecular weight excluding hydrogens is 294 g/mol. The quantitative estimate of drug-likeness (QED) is 0.851. The first-order chi connectivity index (χ1) is 11.1. The Kier molecular flexibility index (Phi) is 4.36. The molecule has 7 nitrogen and oxygen atoms in total. The third-order valence-electron chi connectivity index (χ3n) is 3.98. The number of carbonyl (C=O) groups excluding carboxylic acids is 2. The SMILES string of the molecule is CC1C(=O)NCc2c(CNC(=O)CCc3ccccc3)nnn21. The first kappa shape index (κ1) is 15.2. The minimum atomic E-state index is -0.367. The standard InChI is InChI=1S/C16H19N5O2/c1-11-16(23)18-10-14-13(19-20-21(11)14)9-17-15(22)8-7-12-5-3-2-4-6-12/h2-6,11H,7-10H2,1H3,(H,17,22)(H,18,23). The summed E-state index contributed by atoms with van der Waals surface area (Å²) >= 11 is 0. The predicted octanol–water partition coefficient (Wildman–Crippen LogP) is 0.718. The molecule has 1 atom stereocenters. The molecule has 2 N–H and O–H groups in total. The number of carbonyl (C=O) groups is 2. The Morgan fingerprint density at radius 2 is 2.17 bits per heavy atom. The van der Waals surface area contributed by atoms with Crippen LogP contribution in [0.3, 0.4) is 0 Å². The fraction of sp³-hybridized carbons (Fsp3) is 0.375. The Hall–Kier alpha value is -2.70. The largest absolute Gasteiger partial charge is 0.350 e. The van der Waals surface area contributed by atoms with Crippen molar-refractivity contribution in [3.8, 4) is 0 Å². The van der Waals surface area contributed by atoms with Crippen molar-refractivity contribution in [3.63, 3.8) is 0 Å². The molecule has 1 aromatic heterocycles. The summed E-state index contributed by atoms with van der Waals surface area (Å²) in [5.41, 5.74) is 2.69. The molecule has 0 saturated heterocycles. The summed E-state index contributed by atoms with van der Waals surface area (Å²) in [6, 6.07) is 9.53. The van der Waals surface area contributed by atoms with Crippen LogP contribution in [0, 0.1) is 0 Å². The number of hydrogen-bond acceptors (Lipinski definition) is 4. The van der Waals surface area contributed by atoms with Crippen LogP contribution in [-0.2, 0) is 29.1 Å². The molecule has 3 rings (SSSR count). The van der Waals surface area contributed by atoms with Crippen LogP contribution < -0.4 is 10.6 Å². The lowest BCUT2D eigenvalue weighted by atomic mass is 10.1. The molecule has 0 fully saturated rings. The molecule has 0 aliphatic carbocycles. The molecular formula is C16H19N5O2. The van der Waals surface area contributed by atoms with E-state index in [1.807, 2.05) is 30.3 Å². The van der Waals surface area contributed by atoms with Crippen molar-refractivity contribution in [1.29, 1.82) is 0 Å². The fourth-order valence-electron chi connectivity index (χ4n) is 2.58. The van der Waals surface area contributed by atoms with Gasteiger partial charge >= 0.3 is 0 Å². The van der Waals surface area contributed by atoms with E-state index in [1.54, 1.807) is 11.6 Å². The molecule has 1 unspecified atom stereocenters. The van der Waals surface area contributed by atoms with Crippen LogP contribution in [0.2, 0.25) is 0 Å². The fourth-order valence-corrected chi connectivity index (χ4v) is 2.58. The van der Waals surface area contributed by atoms with Gasteiger partial charge in [-0.15, -0.1) is 5.10 Å². The average Bonchev–Trinajstić information content (AvgIpc) is 2.99. The van der Waals surface area contributed by atoms with E-state index < -0.39 is 0 Å². The topological polar surface area (TPSA) is 88.9 Å². The Balaban J connectivity index is 1.54. The zero-order valence-corrected chi connectivity index (χ0v) is 13.0. The molecule has 0 bridgehead atoms. The third kappa shape index (κ3) is 3.39. The van der Waals surface area contributed by atoms with Crippen LogP contribution in [0.25, 0.3) is 0 Å². The summed E-state index contributed by atoms with van der Waals surface area (Å²) in [5, 5.41) is 13.8. The van der Waals surface area contributed by atoms with E-state index in [0.29, 0.717) is 31.6 Å². The molecule has 0 radical (unpaired) electrons. The lowest BCUT2D eigenvalue weighted by molar-refractivity contribution is -0.125. The number of nitrogens with one attached hydrogen (secondary N) is 2. The summed E-state index contributed by atoms with van der Waals surface area (Å²) in [6.45, 7) is 2.49. The minimum absolute atomic E-state index is 0.0245. The Bertz CT molecular complexity index is 711. The van der Waals surface area contributed by atoms with Crippen molar-refractivity contribution in [2.75, 3.05) is 0 Å². The van der Waals surface area contributed by atoms with Crippen molar-refractivity contribution in [2.45, 2.75) is 38.9 Å². The van der Waals surface area contributed by atoms with Gasteiger partial charge in [-0.1, -0.05) is 35.5 Å². The zero-order valence-electron chi connectivity index (χ0n) is 13.0. The highest BCUT2D eigenvalue weighted by Crippen LogP contribution is 2.16. The second-order valence-electron chi connectivity index (χ2n) is 5.58. The van der Waals surface area contributed by atoms with Gasteiger partial charge in [0.15, 0.2) is 0 Å².